The minimum absolute atomic E-state index is 0.177. The van der Waals surface area contributed by atoms with Gasteiger partial charge in [-0.25, -0.2) is 0 Å². The highest BCUT2D eigenvalue weighted by atomic mass is 35.5. The van der Waals surface area contributed by atoms with Gasteiger partial charge >= 0.3 is 0 Å². The van der Waals surface area contributed by atoms with Gasteiger partial charge in [0.25, 0.3) is 5.91 Å². The van der Waals surface area contributed by atoms with Crippen LogP contribution < -0.4 is 10.1 Å². The summed E-state index contributed by atoms with van der Waals surface area (Å²) in [6.45, 7) is 4.13. The minimum atomic E-state index is -0.735. The first-order chi connectivity index (χ1) is 16.4. The summed E-state index contributed by atoms with van der Waals surface area (Å²) in [6.07, 6.45) is 0.364. The molecule has 0 spiro atoms. The summed E-state index contributed by atoms with van der Waals surface area (Å²) in [4.78, 5) is 28.2. The van der Waals surface area contributed by atoms with Crippen LogP contribution in [0.15, 0.2) is 72.8 Å². The van der Waals surface area contributed by atoms with Crippen molar-refractivity contribution in [3.8, 4) is 5.75 Å². The van der Waals surface area contributed by atoms with Crippen LogP contribution in [0.3, 0.4) is 0 Å². The molecule has 0 aliphatic carbocycles. The Hall–Kier alpha value is -3.02. The smallest absolute Gasteiger partial charge is 0.261 e. The topological polar surface area (TPSA) is 58.6 Å². The Balaban J connectivity index is 1.90. The van der Waals surface area contributed by atoms with E-state index in [9.17, 15) is 9.59 Å². The Morgan fingerprint density at radius 2 is 1.68 bits per heavy atom. The third-order valence-corrected chi connectivity index (χ3v) is 6.21. The van der Waals surface area contributed by atoms with Gasteiger partial charge in [-0.3, -0.25) is 9.59 Å². The lowest BCUT2D eigenvalue weighted by atomic mass is 10.0. The Morgan fingerprint density at radius 3 is 2.35 bits per heavy atom. The molecule has 178 valence electrons. The van der Waals surface area contributed by atoms with E-state index in [2.05, 4.69) is 5.32 Å². The van der Waals surface area contributed by atoms with Gasteiger partial charge in [-0.05, 0) is 54.8 Å². The fraction of sp³-hybridized carbons (Fsp3) is 0.259. The third-order valence-electron chi connectivity index (χ3n) is 5.41. The van der Waals surface area contributed by atoms with E-state index in [4.69, 9.17) is 27.9 Å². The lowest BCUT2D eigenvalue weighted by Gasteiger charge is -2.31. The molecule has 0 bridgehead atoms. The summed E-state index contributed by atoms with van der Waals surface area (Å²) in [6, 6.07) is 21.4. The molecule has 34 heavy (non-hydrogen) atoms. The number of carbonyl (C=O) groups excluding carboxylic acids is 2. The van der Waals surface area contributed by atoms with E-state index in [1.54, 1.807) is 29.2 Å². The van der Waals surface area contributed by atoms with Crippen molar-refractivity contribution in [3.63, 3.8) is 0 Å². The predicted octanol–water partition coefficient (Wildman–Crippen LogP) is 5.46. The number of nitrogens with zero attached hydrogens (tertiary/aromatic N) is 1. The third kappa shape index (κ3) is 6.99. The van der Waals surface area contributed by atoms with Crippen LogP contribution in [-0.4, -0.2) is 35.9 Å². The average Bonchev–Trinajstić information content (AvgIpc) is 2.83. The van der Waals surface area contributed by atoms with E-state index < -0.39 is 6.04 Å². The second-order valence-corrected chi connectivity index (χ2v) is 8.73. The van der Waals surface area contributed by atoms with Crippen molar-refractivity contribution >= 4 is 35.0 Å². The largest absolute Gasteiger partial charge is 0.484 e. The van der Waals surface area contributed by atoms with Crippen LogP contribution in [0.2, 0.25) is 10.0 Å². The number of hydrogen-bond acceptors (Lipinski definition) is 3. The highest BCUT2D eigenvalue weighted by Gasteiger charge is 2.30. The maximum absolute atomic E-state index is 13.5. The van der Waals surface area contributed by atoms with E-state index >= 15 is 0 Å². The molecule has 3 rings (SSSR count). The first-order valence-electron chi connectivity index (χ1n) is 11.1. The van der Waals surface area contributed by atoms with E-state index in [1.165, 1.54) is 0 Å². The van der Waals surface area contributed by atoms with Gasteiger partial charge in [0.15, 0.2) is 6.61 Å². The van der Waals surface area contributed by atoms with Gasteiger partial charge < -0.3 is 15.0 Å². The number of likely N-dealkylation sites (N-methyl/N-ethyl adjacent to an activating group) is 1. The van der Waals surface area contributed by atoms with Crippen molar-refractivity contribution in [1.82, 2.24) is 10.2 Å². The summed E-state index contributed by atoms with van der Waals surface area (Å²) in [5.41, 5.74) is 2.55. The normalized spacial score (nSPS) is 11.5. The second kappa shape index (κ2) is 12.4. The second-order valence-electron chi connectivity index (χ2n) is 7.91. The van der Waals surface area contributed by atoms with Crippen molar-refractivity contribution in [2.24, 2.45) is 0 Å². The van der Waals surface area contributed by atoms with Crippen molar-refractivity contribution in [2.75, 3.05) is 13.2 Å². The molecule has 0 saturated carbocycles. The van der Waals surface area contributed by atoms with Crippen LogP contribution in [0.4, 0.5) is 0 Å². The Morgan fingerprint density at radius 1 is 0.971 bits per heavy atom. The van der Waals surface area contributed by atoms with Gasteiger partial charge in [0, 0.05) is 29.6 Å². The molecule has 1 atom stereocenters. The van der Waals surface area contributed by atoms with Crippen LogP contribution >= 0.6 is 23.2 Å². The first-order valence-corrected chi connectivity index (χ1v) is 11.9. The molecule has 0 aliphatic heterocycles. The number of ether oxygens (including phenoxy) is 1. The molecule has 3 aromatic carbocycles. The number of hydrogen-bond donors (Lipinski definition) is 1. The van der Waals surface area contributed by atoms with Crippen LogP contribution in [-0.2, 0) is 22.6 Å². The quantitative estimate of drug-likeness (QED) is 0.403. The van der Waals surface area contributed by atoms with Crippen molar-refractivity contribution in [1.29, 1.82) is 0 Å². The molecule has 0 fully saturated rings. The molecule has 7 heteroatoms. The van der Waals surface area contributed by atoms with E-state index in [-0.39, 0.29) is 25.0 Å². The van der Waals surface area contributed by atoms with Crippen LogP contribution in [0, 0.1) is 6.92 Å². The van der Waals surface area contributed by atoms with Crippen LogP contribution in [0.5, 0.6) is 5.75 Å². The maximum Gasteiger partial charge on any atom is 0.261 e. The van der Waals surface area contributed by atoms with Crippen molar-refractivity contribution < 1.29 is 14.3 Å². The molecule has 0 radical (unpaired) electrons. The molecular weight excluding hydrogens is 471 g/mol. The average molecular weight is 499 g/mol. The number of nitrogens with one attached hydrogen (secondary N) is 1. The Kier molecular flexibility index (Phi) is 9.37. The zero-order chi connectivity index (χ0) is 24.5. The molecule has 0 aromatic heterocycles. The lowest BCUT2D eigenvalue weighted by molar-refractivity contribution is -0.142. The fourth-order valence-corrected chi connectivity index (χ4v) is 3.90. The number of aryl methyl sites for hydroxylation is 1. The van der Waals surface area contributed by atoms with E-state index in [1.807, 2.05) is 62.4 Å². The molecule has 5 nitrogen and oxygen atoms in total. The highest BCUT2D eigenvalue weighted by Crippen LogP contribution is 2.23. The predicted molar refractivity (Wildman–Crippen MR) is 136 cm³/mol. The Labute approximate surface area is 210 Å². The molecule has 3 aromatic rings. The van der Waals surface area contributed by atoms with Gasteiger partial charge in [-0.1, -0.05) is 71.7 Å². The summed E-state index contributed by atoms with van der Waals surface area (Å²) in [5, 5.41) is 4.02. The van der Waals surface area contributed by atoms with Gasteiger partial charge in [0.05, 0.1) is 0 Å². The molecular formula is C27H28Cl2N2O3. The molecule has 0 aliphatic rings. The molecule has 0 heterocycles. The standard InChI is InChI=1S/C27H28Cl2N2O3/c1-3-30-27(33)25(16-20-9-5-4-6-10-20)31(17-21-11-7-8-12-24(21)29)26(32)18-34-22-13-14-23(28)19(2)15-22/h4-15,25H,3,16-18H2,1-2H3,(H,30,33)/t25-/m1/s1. The zero-order valence-corrected chi connectivity index (χ0v) is 20.8. The summed E-state index contributed by atoms with van der Waals surface area (Å²) >= 11 is 12.5. The Bertz CT molecular complexity index is 1120. The highest BCUT2D eigenvalue weighted by molar-refractivity contribution is 6.31. The monoisotopic (exact) mass is 498 g/mol. The number of amides is 2. The number of rotatable bonds is 10. The summed E-state index contributed by atoms with van der Waals surface area (Å²) in [7, 11) is 0. The van der Waals surface area contributed by atoms with Crippen molar-refractivity contribution in [3.05, 3.63) is 99.5 Å². The van der Waals surface area contributed by atoms with Crippen molar-refractivity contribution in [2.45, 2.75) is 32.9 Å². The van der Waals surface area contributed by atoms with Gasteiger partial charge in [-0.15, -0.1) is 0 Å². The maximum atomic E-state index is 13.5. The van der Waals surface area contributed by atoms with E-state index in [0.29, 0.717) is 28.8 Å². The molecule has 0 saturated heterocycles. The first kappa shape index (κ1) is 25.6. The number of carbonyl (C=O) groups is 2. The summed E-state index contributed by atoms with van der Waals surface area (Å²) < 4.78 is 5.78. The molecule has 0 unspecified atom stereocenters. The molecule has 2 amide bonds. The van der Waals surface area contributed by atoms with E-state index in [0.717, 1.165) is 16.7 Å². The van der Waals surface area contributed by atoms with Gasteiger partial charge in [0.1, 0.15) is 11.8 Å². The fourth-order valence-electron chi connectivity index (χ4n) is 3.59. The van der Waals surface area contributed by atoms with Crippen LogP contribution in [0.25, 0.3) is 0 Å². The van der Waals surface area contributed by atoms with Gasteiger partial charge in [-0.2, -0.15) is 0 Å². The summed E-state index contributed by atoms with van der Waals surface area (Å²) in [5.74, 6) is -0.0145. The number of halogens is 2. The lowest BCUT2D eigenvalue weighted by Crippen LogP contribution is -2.51. The minimum Gasteiger partial charge on any atom is -0.484 e. The SMILES string of the molecule is CCNC(=O)[C@@H](Cc1ccccc1)N(Cc1ccccc1Cl)C(=O)COc1ccc(Cl)c(C)c1. The van der Waals surface area contributed by atoms with Gasteiger partial charge in [0.2, 0.25) is 5.91 Å². The number of benzene rings is 3. The van der Waals surface area contributed by atoms with Crippen LogP contribution in [0.1, 0.15) is 23.6 Å². The molecule has 1 N–H and O–H groups in total. The zero-order valence-electron chi connectivity index (χ0n) is 19.3.